The van der Waals surface area contributed by atoms with Gasteiger partial charge in [-0.05, 0) is 55.7 Å². The van der Waals surface area contributed by atoms with E-state index in [0.29, 0.717) is 12.0 Å². The Morgan fingerprint density at radius 2 is 1.91 bits per heavy atom. The highest BCUT2D eigenvalue weighted by atomic mass is 16.5. The highest BCUT2D eigenvalue weighted by Crippen LogP contribution is 2.28. The van der Waals surface area contributed by atoms with Crippen molar-refractivity contribution in [1.29, 1.82) is 0 Å². The van der Waals surface area contributed by atoms with Crippen LogP contribution in [-0.4, -0.2) is 31.0 Å². The van der Waals surface area contributed by atoms with E-state index in [9.17, 15) is 5.11 Å². The lowest BCUT2D eigenvalue weighted by Crippen LogP contribution is -2.34. The molecule has 130 valence electrons. The van der Waals surface area contributed by atoms with E-state index >= 15 is 0 Å². The molecule has 4 nitrogen and oxygen atoms in total. The molecule has 1 aliphatic rings. The van der Waals surface area contributed by atoms with Crippen molar-refractivity contribution in [2.75, 3.05) is 13.7 Å². The summed E-state index contributed by atoms with van der Waals surface area (Å²) in [5, 5.41) is 13.1. The second-order valence-corrected chi connectivity index (χ2v) is 6.90. The number of hydrogen-bond donors (Lipinski definition) is 2. The minimum Gasteiger partial charge on any atom is -0.493 e. The molecule has 0 bridgehead atoms. The van der Waals surface area contributed by atoms with Crippen molar-refractivity contribution < 1.29 is 14.6 Å². The van der Waals surface area contributed by atoms with Gasteiger partial charge >= 0.3 is 0 Å². The van der Waals surface area contributed by atoms with Crippen molar-refractivity contribution in [2.24, 2.45) is 5.92 Å². The lowest BCUT2D eigenvalue weighted by atomic mass is 9.93. The summed E-state index contributed by atoms with van der Waals surface area (Å²) in [6.07, 6.45) is 4.85. The van der Waals surface area contributed by atoms with Crippen LogP contribution in [0.5, 0.6) is 11.5 Å². The standard InChI is InChI=1S/C19H31NO3/c1-14(2)10-11-23-18-9-4-15(12-19(18)22-3)13-20-16-5-7-17(21)8-6-16/h4,9,12,14,16-17,20-21H,5-8,10-11,13H2,1-3H3. The third kappa shape index (κ3) is 6.04. The van der Waals surface area contributed by atoms with Gasteiger partial charge in [-0.2, -0.15) is 0 Å². The molecule has 1 aromatic rings. The van der Waals surface area contributed by atoms with Gasteiger partial charge in [0.1, 0.15) is 0 Å². The maximum absolute atomic E-state index is 9.56. The van der Waals surface area contributed by atoms with Gasteiger partial charge in [0.25, 0.3) is 0 Å². The zero-order chi connectivity index (χ0) is 16.7. The monoisotopic (exact) mass is 321 g/mol. The Morgan fingerprint density at radius 3 is 2.57 bits per heavy atom. The zero-order valence-corrected chi connectivity index (χ0v) is 14.7. The summed E-state index contributed by atoms with van der Waals surface area (Å²) in [4.78, 5) is 0. The average Bonchev–Trinajstić information content (AvgIpc) is 2.54. The summed E-state index contributed by atoms with van der Waals surface area (Å²) in [5.41, 5.74) is 1.20. The van der Waals surface area contributed by atoms with E-state index < -0.39 is 0 Å². The molecule has 1 saturated carbocycles. The normalized spacial score (nSPS) is 21.4. The van der Waals surface area contributed by atoms with Gasteiger partial charge in [-0.25, -0.2) is 0 Å². The van der Waals surface area contributed by atoms with Crippen molar-refractivity contribution in [3.63, 3.8) is 0 Å². The van der Waals surface area contributed by atoms with Crippen LogP contribution < -0.4 is 14.8 Å². The van der Waals surface area contributed by atoms with Crippen LogP contribution in [-0.2, 0) is 6.54 Å². The lowest BCUT2D eigenvalue weighted by molar-refractivity contribution is 0.116. The maximum Gasteiger partial charge on any atom is 0.161 e. The van der Waals surface area contributed by atoms with E-state index in [0.717, 1.165) is 56.8 Å². The largest absolute Gasteiger partial charge is 0.493 e. The lowest BCUT2D eigenvalue weighted by Gasteiger charge is -2.26. The first kappa shape index (κ1) is 18.1. The molecule has 1 aliphatic carbocycles. The number of nitrogens with one attached hydrogen (secondary N) is 1. The van der Waals surface area contributed by atoms with Gasteiger partial charge in [-0.15, -0.1) is 0 Å². The van der Waals surface area contributed by atoms with Crippen LogP contribution in [0.25, 0.3) is 0 Å². The molecule has 0 unspecified atom stereocenters. The molecule has 4 heteroatoms. The van der Waals surface area contributed by atoms with E-state index in [1.165, 1.54) is 5.56 Å². The molecule has 23 heavy (non-hydrogen) atoms. The van der Waals surface area contributed by atoms with Gasteiger partial charge in [0.2, 0.25) is 0 Å². The highest BCUT2D eigenvalue weighted by Gasteiger charge is 2.18. The minimum absolute atomic E-state index is 0.101. The summed E-state index contributed by atoms with van der Waals surface area (Å²) in [6.45, 7) is 5.93. The Hall–Kier alpha value is -1.26. The van der Waals surface area contributed by atoms with Crippen LogP contribution in [0.3, 0.4) is 0 Å². The Kier molecular flexibility index (Phi) is 7.18. The van der Waals surface area contributed by atoms with Gasteiger partial charge in [-0.3, -0.25) is 0 Å². The molecule has 0 aromatic heterocycles. The highest BCUT2D eigenvalue weighted by molar-refractivity contribution is 5.42. The summed E-state index contributed by atoms with van der Waals surface area (Å²) in [6, 6.07) is 6.65. The molecule has 0 saturated heterocycles. The predicted molar refractivity (Wildman–Crippen MR) is 93.0 cm³/mol. The van der Waals surface area contributed by atoms with Crippen LogP contribution in [0.2, 0.25) is 0 Å². The minimum atomic E-state index is -0.101. The Labute approximate surface area is 140 Å². The molecule has 1 fully saturated rings. The number of hydrogen-bond acceptors (Lipinski definition) is 4. The Morgan fingerprint density at radius 1 is 1.17 bits per heavy atom. The van der Waals surface area contributed by atoms with Gasteiger partial charge < -0.3 is 19.9 Å². The molecule has 0 aliphatic heterocycles. The van der Waals surface area contributed by atoms with Gasteiger partial charge in [0.15, 0.2) is 11.5 Å². The smallest absolute Gasteiger partial charge is 0.161 e. The molecular formula is C19H31NO3. The second kappa shape index (κ2) is 9.14. The average molecular weight is 321 g/mol. The van der Waals surface area contributed by atoms with E-state index in [4.69, 9.17) is 9.47 Å². The van der Waals surface area contributed by atoms with Crippen LogP contribution >= 0.6 is 0 Å². The van der Waals surface area contributed by atoms with Crippen LogP contribution in [0.1, 0.15) is 51.5 Å². The molecule has 0 amide bonds. The first-order valence-electron chi connectivity index (χ1n) is 8.79. The third-order valence-corrected chi connectivity index (χ3v) is 4.47. The van der Waals surface area contributed by atoms with Crippen molar-refractivity contribution >= 4 is 0 Å². The van der Waals surface area contributed by atoms with Crippen LogP contribution in [0.4, 0.5) is 0 Å². The number of rotatable bonds is 8. The summed E-state index contributed by atoms with van der Waals surface area (Å²) < 4.78 is 11.3. The fourth-order valence-corrected chi connectivity index (χ4v) is 2.89. The topological polar surface area (TPSA) is 50.7 Å². The second-order valence-electron chi connectivity index (χ2n) is 6.90. The number of benzene rings is 1. The molecule has 0 radical (unpaired) electrons. The van der Waals surface area contributed by atoms with E-state index in [1.54, 1.807) is 7.11 Å². The van der Waals surface area contributed by atoms with Gasteiger partial charge in [-0.1, -0.05) is 19.9 Å². The quantitative estimate of drug-likeness (QED) is 0.769. The number of aliphatic hydroxyl groups excluding tert-OH is 1. The number of ether oxygens (including phenoxy) is 2. The van der Waals surface area contributed by atoms with Gasteiger partial charge in [0.05, 0.1) is 19.8 Å². The van der Waals surface area contributed by atoms with Crippen LogP contribution in [0, 0.1) is 5.92 Å². The number of methoxy groups -OCH3 is 1. The molecule has 0 heterocycles. The maximum atomic E-state index is 9.56. The van der Waals surface area contributed by atoms with Gasteiger partial charge in [0, 0.05) is 12.6 Å². The van der Waals surface area contributed by atoms with Crippen molar-refractivity contribution in [3.8, 4) is 11.5 Å². The molecule has 0 atom stereocenters. The number of aliphatic hydroxyl groups is 1. The molecule has 0 spiro atoms. The Bertz CT molecular complexity index is 468. The van der Waals surface area contributed by atoms with Crippen molar-refractivity contribution in [1.82, 2.24) is 5.32 Å². The fraction of sp³-hybridized carbons (Fsp3) is 0.684. The third-order valence-electron chi connectivity index (χ3n) is 4.47. The molecular weight excluding hydrogens is 290 g/mol. The van der Waals surface area contributed by atoms with Crippen molar-refractivity contribution in [2.45, 2.75) is 64.6 Å². The molecule has 2 N–H and O–H groups in total. The molecule has 1 aromatic carbocycles. The first-order chi connectivity index (χ1) is 11.1. The molecule has 2 rings (SSSR count). The predicted octanol–water partition coefficient (Wildman–Crippen LogP) is 3.51. The summed E-state index contributed by atoms with van der Waals surface area (Å²) in [7, 11) is 1.68. The van der Waals surface area contributed by atoms with E-state index in [-0.39, 0.29) is 6.10 Å². The summed E-state index contributed by atoms with van der Waals surface area (Å²) >= 11 is 0. The van der Waals surface area contributed by atoms with Crippen LogP contribution in [0.15, 0.2) is 18.2 Å². The first-order valence-corrected chi connectivity index (χ1v) is 8.79. The SMILES string of the molecule is COc1cc(CNC2CCC(O)CC2)ccc1OCCC(C)C. The van der Waals surface area contributed by atoms with E-state index in [2.05, 4.69) is 31.3 Å². The fourth-order valence-electron chi connectivity index (χ4n) is 2.89. The zero-order valence-electron chi connectivity index (χ0n) is 14.7. The summed E-state index contributed by atoms with van der Waals surface area (Å²) in [5.74, 6) is 2.25. The van der Waals surface area contributed by atoms with Crippen molar-refractivity contribution in [3.05, 3.63) is 23.8 Å². The Balaban J connectivity index is 1.85. The van der Waals surface area contributed by atoms with E-state index in [1.807, 2.05) is 6.07 Å².